The van der Waals surface area contributed by atoms with E-state index in [9.17, 15) is 9.59 Å². The van der Waals surface area contributed by atoms with E-state index in [1.54, 1.807) is 17.0 Å². The quantitative estimate of drug-likeness (QED) is 0.575. The lowest BCUT2D eigenvalue weighted by Gasteiger charge is -2.30. The molecule has 0 aliphatic carbocycles. The van der Waals surface area contributed by atoms with Gasteiger partial charge in [-0.25, -0.2) is 0 Å². The zero-order valence-corrected chi connectivity index (χ0v) is 15.8. The molecule has 6 heteroatoms. The lowest BCUT2D eigenvalue weighted by atomic mass is 9.97. The first kappa shape index (κ1) is 19.0. The zero-order chi connectivity index (χ0) is 19.2. The monoisotopic (exact) mass is 371 g/mol. The van der Waals surface area contributed by atoms with E-state index in [1.807, 2.05) is 26.0 Å². The maximum Gasteiger partial charge on any atom is 0.309 e. The lowest BCUT2D eigenvalue weighted by Crippen LogP contribution is -2.40. The molecule has 0 N–H and O–H groups in total. The molecule has 1 amide bonds. The second-order valence-electron chi connectivity index (χ2n) is 6.88. The van der Waals surface area contributed by atoms with Gasteiger partial charge in [-0.2, -0.15) is 0 Å². The number of carbonyl (C=O) groups is 2. The second-order valence-corrected chi connectivity index (χ2v) is 6.88. The normalized spacial score (nSPS) is 14.8. The van der Waals surface area contributed by atoms with Crippen molar-refractivity contribution in [2.45, 2.75) is 26.7 Å². The SMILES string of the molecule is Cc1cc(C)cc(OCCOC(=O)C2CCN(C(=O)c3ccco3)CC2)c1. The van der Waals surface area contributed by atoms with E-state index in [0.29, 0.717) is 38.3 Å². The van der Waals surface area contributed by atoms with Crippen LogP contribution in [0.2, 0.25) is 0 Å². The number of esters is 1. The molecule has 1 aromatic carbocycles. The van der Waals surface area contributed by atoms with Crippen molar-refractivity contribution in [2.24, 2.45) is 5.92 Å². The highest BCUT2D eigenvalue weighted by Crippen LogP contribution is 2.21. The van der Waals surface area contributed by atoms with E-state index in [0.717, 1.165) is 16.9 Å². The number of rotatable bonds is 6. The number of benzene rings is 1. The molecule has 2 aromatic rings. The molecule has 2 heterocycles. The number of ether oxygens (including phenoxy) is 2. The van der Waals surface area contributed by atoms with E-state index < -0.39 is 0 Å². The highest BCUT2D eigenvalue weighted by molar-refractivity contribution is 5.91. The van der Waals surface area contributed by atoms with Crippen LogP contribution in [0.4, 0.5) is 0 Å². The predicted molar refractivity (Wildman–Crippen MR) is 99.7 cm³/mol. The summed E-state index contributed by atoms with van der Waals surface area (Å²) in [6.07, 6.45) is 2.68. The highest BCUT2D eigenvalue weighted by atomic mass is 16.6. The van der Waals surface area contributed by atoms with Gasteiger partial charge in [0.1, 0.15) is 19.0 Å². The van der Waals surface area contributed by atoms with Crippen LogP contribution in [0, 0.1) is 19.8 Å². The van der Waals surface area contributed by atoms with Gasteiger partial charge < -0.3 is 18.8 Å². The Hall–Kier alpha value is -2.76. The average Bonchev–Trinajstić information content (AvgIpc) is 3.18. The number of piperidine rings is 1. The van der Waals surface area contributed by atoms with Gasteiger partial charge in [-0.05, 0) is 62.1 Å². The summed E-state index contributed by atoms with van der Waals surface area (Å²) in [5, 5.41) is 0. The Labute approximate surface area is 159 Å². The van der Waals surface area contributed by atoms with Gasteiger partial charge in [0.25, 0.3) is 5.91 Å². The number of nitrogens with zero attached hydrogens (tertiary/aromatic N) is 1. The summed E-state index contributed by atoms with van der Waals surface area (Å²) in [6, 6.07) is 9.34. The number of hydrogen-bond donors (Lipinski definition) is 0. The third kappa shape index (κ3) is 5.12. The zero-order valence-electron chi connectivity index (χ0n) is 15.8. The minimum absolute atomic E-state index is 0.131. The van der Waals surface area contributed by atoms with Crippen molar-refractivity contribution < 1.29 is 23.5 Å². The topological polar surface area (TPSA) is 69.0 Å². The van der Waals surface area contributed by atoms with Crippen LogP contribution in [-0.2, 0) is 9.53 Å². The summed E-state index contributed by atoms with van der Waals surface area (Å²) in [7, 11) is 0. The first-order valence-electron chi connectivity index (χ1n) is 9.23. The molecule has 0 saturated carbocycles. The van der Waals surface area contributed by atoms with E-state index in [1.165, 1.54) is 6.26 Å². The second kappa shape index (κ2) is 8.75. The van der Waals surface area contributed by atoms with Gasteiger partial charge in [-0.3, -0.25) is 9.59 Å². The molecule has 1 fully saturated rings. The third-order valence-corrected chi connectivity index (χ3v) is 4.64. The molecule has 6 nitrogen and oxygen atoms in total. The van der Waals surface area contributed by atoms with Crippen molar-refractivity contribution in [2.75, 3.05) is 26.3 Å². The Morgan fingerprint density at radius 1 is 1.11 bits per heavy atom. The fraction of sp³-hybridized carbons (Fsp3) is 0.429. The number of furan rings is 1. The summed E-state index contributed by atoms with van der Waals surface area (Å²) >= 11 is 0. The van der Waals surface area contributed by atoms with Gasteiger partial charge >= 0.3 is 5.97 Å². The Kier molecular flexibility index (Phi) is 6.16. The number of likely N-dealkylation sites (tertiary alicyclic amines) is 1. The van der Waals surface area contributed by atoms with Crippen molar-refractivity contribution in [1.29, 1.82) is 0 Å². The van der Waals surface area contributed by atoms with Crippen molar-refractivity contribution in [1.82, 2.24) is 4.90 Å². The Morgan fingerprint density at radius 3 is 2.44 bits per heavy atom. The van der Waals surface area contributed by atoms with Gasteiger partial charge in [0.15, 0.2) is 5.76 Å². The maximum absolute atomic E-state index is 12.2. The Morgan fingerprint density at radius 2 is 1.81 bits per heavy atom. The summed E-state index contributed by atoms with van der Waals surface area (Å²) in [6.45, 7) is 5.63. The summed E-state index contributed by atoms with van der Waals surface area (Å²) in [4.78, 5) is 26.2. The summed E-state index contributed by atoms with van der Waals surface area (Å²) in [5.74, 6) is 0.595. The van der Waals surface area contributed by atoms with E-state index in [-0.39, 0.29) is 24.4 Å². The fourth-order valence-corrected chi connectivity index (χ4v) is 3.31. The van der Waals surface area contributed by atoms with Gasteiger partial charge in [0, 0.05) is 13.1 Å². The van der Waals surface area contributed by atoms with E-state index in [2.05, 4.69) is 6.07 Å². The fourth-order valence-electron chi connectivity index (χ4n) is 3.31. The number of hydrogen-bond acceptors (Lipinski definition) is 5. The largest absolute Gasteiger partial charge is 0.490 e. The highest BCUT2D eigenvalue weighted by Gasteiger charge is 2.29. The molecule has 3 rings (SSSR count). The van der Waals surface area contributed by atoms with Crippen LogP contribution < -0.4 is 4.74 Å². The van der Waals surface area contributed by atoms with Crippen LogP contribution in [0.3, 0.4) is 0 Å². The van der Waals surface area contributed by atoms with Crippen LogP contribution in [0.15, 0.2) is 41.0 Å². The van der Waals surface area contributed by atoms with Crippen molar-refractivity contribution in [3.63, 3.8) is 0 Å². The Bertz CT molecular complexity index is 756. The number of amides is 1. The average molecular weight is 371 g/mol. The smallest absolute Gasteiger partial charge is 0.309 e. The van der Waals surface area contributed by atoms with Gasteiger partial charge in [0.2, 0.25) is 0 Å². The molecule has 144 valence electrons. The molecule has 1 saturated heterocycles. The third-order valence-electron chi connectivity index (χ3n) is 4.64. The first-order valence-corrected chi connectivity index (χ1v) is 9.23. The van der Waals surface area contributed by atoms with E-state index >= 15 is 0 Å². The van der Waals surface area contributed by atoms with Crippen molar-refractivity contribution in [3.8, 4) is 5.75 Å². The molecule has 0 unspecified atom stereocenters. The standard InChI is InChI=1S/C21H25NO5/c1-15-12-16(2)14-18(13-15)25-10-11-27-21(24)17-5-7-22(8-6-17)20(23)19-4-3-9-26-19/h3-4,9,12-14,17H,5-8,10-11H2,1-2H3. The minimum Gasteiger partial charge on any atom is -0.490 e. The van der Waals surface area contributed by atoms with Crippen LogP contribution in [0.25, 0.3) is 0 Å². The molecular weight excluding hydrogens is 346 g/mol. The predicted octanol–water partition coefficient (Wildman–Crippen LogP) is 3.37. The van der Waals surface area contributed by atoms with Crippen LogP contribution in [0.1, 0.15) is 34.5 Å². The van der Waals surface area contributed by atoms with Crippen molar-refractivity contribution in [3.05, 3.63) is 53.5 Å². The van der Waals surface area contributed by atoms with E-state index in [4.69, 9.17) is 13.9 Å². The first-order chi connectivity index (χ1) is 13.0. The molecule has 0 radical (unpaired) electrons. The molecule has 0 atom stereocenters. The van der Waals surface area contributed by atoms with Crippen molar-refractivity contribution >= 4 is 11.9 Å². The lowest BCUT2D eigenvalue weighted by molar-refractivity contribution is -0.150. The van der Waals surface area contributed by atoms with Crippen LogP contribution in [-0.4, -0.2) is 43.1 Å². The molecule has 1 aromatic heterocycles. The summed E-state index contributed by atoms with van der Waals surface area (Å²) in [5.41, 5.74) is 2.27. The summed E-state index contributed by atoms with van der Waals surface area (Å²) < 4.78 is 16.1. The molecule has 1 aliphatic heterocycles. The Balaban J connectivity index is 1.37. The molecule has 27 heavy (non-hydrogen) atoms. The maximum atomic E-state index is 12.2. The molecule has 0 bridgehead atoms. The van der Waals surface area contributed by atoms with Gasteiger partial charge in [-0.15, -0.1) is 0 Å². The molecular formula is C21H25NO5. The van der Waals surface area contributed by atoms with Gasteiger partial charge in [0.05, 0.1) is 12.2 Å². The molecule has 0 spiro atoms. The number of aryl methyl sites for hydroxylation is 2. The number of carbonyl (C=O) groups excluding carboxylic acids is 2. The minimum atomic E-state index is -0.218. The van der Waals surface area contributed by atoms with Crippen LogP contribution >= 0.6 is 0 Å². The van der Waals surface area contributed by atoms with Crippen LogP contribution in [0.5, 0.6) is 5.75 Å². The van der Waals surface area contributed by atoms with Gasteiger partial charge in [-0.1, -0.05) is 6.07 Å². The molecule has 1 aliphatic rings.